The first kappa shape index (κ1) is 12.5. The van der Waals surface area contributed by atoms with Crippen molar-refractivity contribution in [1.82, 2.24) is 0 Å². The minimum absolute atomic E-state index is 0.615. The van der Waals surface area contributed by atoms with Crippen molar-refractivity contribution in [2.75, 3.05) is 23.7 Å². The molecule has 1 atom stereocenters. The molecule has 0 amide bonds. The average Bonchev–Trinajstić information content (AvgIpc) is 2.89. The van der Waals surface area contributed by atoms with Crippen LogP contribution in [0.5, 0.6) is 0 Å². The highest BCUT2D eigenvalue weighted by Gasteiger charge is 2.24. The Balaban J connectivity index is 1.79. The van der Waals surface area contributed by atoms with Crippen LogP contribution in [0.15, 0.2) is 53.0 Å². The van der Waals surface area contributed by atoms with Gasteiger partial charge in [-0.2, -0.15) is 0 Å². The summed E-state index contributed by atoms with van der Waals surface area (Å²) in [6.45, 7) is 2.13. The summed E-state index contributed by atoms with van der Waals surface area (Å²) in [5.41, 5.74) is 9.55. The Morgan fingerprint density at radius 3 is 2.63 bits per heavy atom. The molecule has 1 heterocycles. The minimum Gasteiger partial charge on any atom is -0.397 e. The fourth-order valence-corrected chi connectivity index (χ4v) is 3.17. The van der Waals surface area contributed by atoms with Crippen molar-refractivity contribution >= 4 is 27.3 Å². The van der Waals surface area contributed by atoms with Crippen molar-refractivity contribution in [3.63, 3.8) is 0 Å². The summed E-state index contributed by atoms with van der Waals surface area (Å²) in [6.07, 6.45) is 1.19. The van der Waals surface area contributed by atoms with Crippen LogP contribution in [-0.4, -0.2) is 13.1 Å². The minimum atomic E-state index is 0.615. The molecule has 0 saturated carbocycles. The number of rotatable bonds is 2. The van der Waals surface area contributed by atoms with E-state index < -0.39 is 0 Å². The second kappa shape index (κ2) is 5.25. The molecule has 2 N–H and O–H groups in total. The Labute approximate surface area is 122 Å². The lowest BCUT2D eigenvalue weighted by Crippen LogP contribution is -2.20. The molecule has 3 rings (SSSR count). The van der Waals surface area contributed by atoms with Crippen LogP contribution in [0.25, 0.3) is 0 Å². The Kier molecular flexibility index (Phi) is 3.47. The lowest BCUT2D eigenvalue weighted by atomic mass is 9.99. The number of nitrogens with two attached hydrogens (primary N) is 1. The smallest absolute Gasteiger partial charge is 0.0600 e. The highest BCUT2D eigenvalue weighted by molar-refractivity contribution is 9.10. The molecular formula is C16H17BrN2. The van der Waals surface area contributed by atoms with Crippen LogP contribution in [0.3, 0.4) is 0 Å². The van der Waals surface area contributed by atoms with Crippen LogP contribution in [0.2, 0.25) is 0 Å². The molecule has 2 aromatic rings. The number of benzene rings is 2. The lowest BCUT2D eigenvalue weighted by molar-refractivity contribution is 0.775. The van der Waals surface area contributed by atoms with Gasteiger partial charge < -0.3 is 10.6 Å². The van der Waals surface area contributed by atoms with E-state index in [0.29, 0.717) is 5.92 Å². The van der Waals surface area contributed by atoms with Gasteiger partial charge in [-0.25, -0.2) is 0 Å². The summed E-state index contributed by atoms with van der Waals surface area (Å²) in [5.74, 6) is 0.615. The first-order valence-electron chi connectivity index (χ1n) is 6.59. The van der Waals surface area contributed by atoms with Crippen LogP contribution < -0.4 is 10.6 Å². The van der Waals surface area contributed by atoms with Gasteiger partial charge in [-0.15, -0.1) is 0 Å². The van der Waals surface area contributed by atoms with Crippen LogP contribution in [0.1, 0.15) is 17.9 Å². The van der Waals surface area contributed by atoms with Crippen LogP contribution in [-0.2, 0) is 0 Å². The third-order valence-corrected chi connectivity index (χ3v) is 4.28. The first-order chi connectivity index (χ1) is 9.24. The summed E-state index contributed by atoms with van der Waals surface area (Å²) in [4.78, 5) is 2.39. The van der Waals surface area contributed by atoms with Crippen molar-refractivity contribution in [2.24, 2.45) is 0 Å². The number of anilines is 2. The molecule has 98 valence electrons. The number of hydrogen-bond acceptors (Lipinski definition) is 2. The van der Waals surface area contributed by atoms with E-state index in [2.05, 4.69) is 63.3 Å². The molecule has 19 heavy (non-hydrogen) atoms. The molecule has 0 bridgehead atoms. The van der Waals surface area contributed by atoms with Crippen molar-refractivity contribution in [2.45, 2.75) is 12.3 Å². The van der Waals surface area contributed by atoms with E-state index >= 15 is 0 Å². The van der Waals surface area contributed by atoms with Gasteiger partial charge in [-0.05, 0) is 30.2 Å². The summed E-state index contributed by atoms with van der Waals surface area (Å²) >= 11 is 3.45. The SMILES string of the molecule is Nc1cc(Br)ccc1N1CCC(c2ccccc2)C1. The van der Waals surface area contributed by atoms with E-state index in [1.807, 2.05) is 6.07 Å². The summed E-state index contributed by atoms with van der Waals surface area (Å²) in [7, 11) is 0. The number of nitrogen functional groups attached to an aromatic ring is 1. The van der Waals surface area contributed by atoms with Crippen molar-refractivity contribution in [3.8, 4) is 0 Å². The molecule has 1 unspecified atom stereocenters. The highest BCUT2D eigenvalue weighted by atomic mass is 79.9. The van der Waals surface area contributed by atoms with Crippen LogP contribution in [0.4, 0.5) is 11.4 Å². The van der Waals surface area contributed by atoms with Crippen LogP contribution >= 0.6 is 15.9 Å². The molecule has 2 nitrogen and oxygen atoms in total. The molecule has 0 radical (unpaired) electrons. The normalized spacial score (nSPS) is 18.8. The first-order valence-corrected chi connectivity index (χ1v) is 7.38. The Morgan fingerprint density at radius 2 is 1.89 bits per heavy atom. The number of halogens is 1. The largest absolute Gasteiger partial charge is 0.397 e. The predicted molar refractivity (Wildman–Crippen MR) is 84.6 cm³/mol. The zero-order valence-electron chi connectivity index (χ0n) is 10.7. The van der Waals surface area contributed by atoms with Gasteiger partial charge in [0.15, 0.2) is 0 Å². The molecule has 0 spiro atoms. The second-order valence-corrected chi connectivity index (χ2v) is 5.96. The lowest BCUT2D eigenvalue weighted by Gasteiger charge is -2.21. The van der Waals surface area contributed by atoms with Gasteiger partial charge in [0.2, 0.25) is 0 Å². The van der Waals surface area contributed by atoms with Gasteiger partial charge >= 0.3 is 0 Å². The Bertz CT molecular complexity index is 568. The van der Waals surface area contributed by atoms with Crippen molar-refractivity contribution < 1.29 is 0 Å². The van der Waals surface area contributed by atoms with Crippen LogP contribution in [0, 0.1) is 0 Å². The van der Waals surface area contributed by atoms with Crippen molar-refractivity contribution in [1.29, 1.82) is 0 Å². The van der Waals surface area contributed by atoms with Gasteiger partial charge in [0, 0.05) is 23.5 Å². The zero-order chi connectivity index (χ0) is 13.2. The molecule has 0 aromatic heterocycles. The molecule has 1 saturated heterocycles. The quantitative estimate of drug-likeness (QED) is 0.848. The van der Waals surface area contributed by atoms with Gasteiger partial charge in [0.25, 0.3) is 0 Å². The second-order valence-electron chi connectivity index (χ2n) is 5.05. The Hall–Kier alpha value is -1.48. The molecule has 0 aliphatic carbocycles. The topological polar surface area (TPSA) is 29.3 Å². The molecule has 1 aliphatic heterocycles. The molecule has 2 aromatic carbocycles. The fraction of sp³-hybridized carbons (Fsp3) is 0.250. The van der Waals surface area contributed by atoms with Gasteiger partial charge in [0.05, 0.1) is 11.4 Å². The van der Waals surface area contributed by atoms with E-state index in [-0.39, 0.29) is 0 Å². The maximum absolute atomic E-state index is 6.11. The predicted octanol–water partition coefficient (Wildman–Crippen LogP) is 4.03. The maximum Gasteiger partial charge on any atom is 0.0600 e. The average molecular weight is 317 g/mol. The fourth-order valence-electron chi connectivity index (χ4n) is 2.79. The van der Waals surface area contributed by atoms with E-state index in [9.17, 15) is 0 Å². The van der Waals surface area contributed by atoms with Crippen molar-refractivity contribution in [3.05, 3.63) is 58.6 Å². The molecule has 3 heteroatoms. The summed E-state index contributed by atoms with van der Waals surface area (Å²) < 4.78 is 1.03. The monoisotopic (exact) mass is 316 g/mol. The maximum atomic E-state index is 6.11. The standard InChI is InChI=1S/C16H17BrN2/c17-14-6-7-16(15(18)10-14)19-9-8-13(11-19)12-4-2-1-3-5-12/h1-7,10,13H,8-9,11,18H2. The van der Waals surface area contributed by atoms with E-state index in [1.54, 1.807) is 0 Å². The zero-order valence-corrected chi connectivity index (χ0v) is 12.3. The van der Waals surface area contributed by atoms with Gasteiger partial charge in [-0.3, -0.25) is 0 Å². The highest BCUT2D eigenvalue weighted by Crippen LogP contribution is 2.34. The van der Waals surface area contributed by atoms with E-state index in [0.717, 1.165) is 28.9 Å². The number of nitrogens with zero attached hydrogens (tertiary/aromatic N) is 1. The number of hydrogen-bond donors (Lipinski definition) is 1. The summed E-state index contributed by atoms with van der Waals surface area (Å²) in [5, 5.41) is 0. The molecular weight excluding hydrogens is 300 g/mol. The third-order valence-electron chi connectivity index (χ3n) is 3.79. The van der Waals surface area contributed by atoms with Gasteiger partial charge in [0.1, 0.15) is 0 Å². The van der Waals surface area contributed by atoms with E-state index in [4.69, 9.17) is 5.73 Å². The Morgan fingerprint density at radius 1 is 1.11 bits per heavy atom. The molecule has 1 fully saturated rings. The van der Waals surface area contributed by atoms with E-state index in [1.165, 1.54) is 12.0 Å². The van der Waals surface area contributed by atoms with Gasteiger partial charge in [-0.1, -0.05) is 46.3 Å². The molecule has 1 aliphatic rings. The third kappa shape index (κ3) is 2.61. The summed E-state index contributed by atoms with van der Waals surface area (Å²) in [6, 6.07) is 16.9.